The SMILES string of the molecule is CC(C)(C)C(=O)CCC(=O)c1cccc2ccccc12. The summed E-state index contributed by atoms with van der Waals surface area (Å²) in [6.07, 6.45) is 0.593. The molecule has 2 aromatic carbocycles. The molecule has 0 bridgehead atoms. The molecule has 0 aliphatic rings. The predicted octanol–water partition coefficient (Wildman–Crippen LogP) is 4.42. The molecular weight excluding hydrogens is 248 g/mol. The topological polar surface area (TPSA) is 34.1 Å². The maximum Gasteiger partial charge on any atom is 0.163 e. The monoisotopic (exact) mass is 268 g/mol. The van der Waals surface area contributed by atoms with Gasteiger partial charge in [-0.05, 0) is 10.8 Å². The van der Waals surface area contributed by atoms with Crippen LogP contribution < -0.4 is 0 Å². The molecule has 0 saturated carbocycles. The van der Waals surface area contributed by atoms with Crippen molar-refractivity contribution in [3.8, 4) is 0 Å². The first-order chi connectivity index (χ1) is 9.39. The lowest BCUT2D eigenvalue weighted by Crippen LogP contribution is -2.20. The second kappa shape index (κ2) is 5.58. The molecule has 0 fully saturated rings. The molecule has 0 aromatic heterocycles. The minimum Gasteiger partial charge on any atom is -0.299 e. The van der Waals surface area contributed by atoms with Crippen LogP contribution in [-0.2, 0) is 4.79 Å². The summed E-state index contributed by atoms with van der Waals surface area (Å²) in [6.45, 7) is 5.66. The molecule has 0 radical (unpaired) electrons. The number of ketones is 2. The Bertz CT molecular complexity index is 643. The third-order valence-electron chi connectivity index (χ3n) is 3.51. The molecule has 0 aliphatic carbocycles. The van der Waals surface area contributed by atoms with Crippen LogP contribution in [0.4, 0.5) is 0 Å². The van der Waals surface area contributed by atoms with Crippen molar-refractivity contribution in [2.24, 2.45) is 5.41 Å². The van der Waals surface area contributed by atoms with E-state index >= 15 is 0 Å². The smallest absolute Gasteiger partial charge is 0.163 e. The minimum absolute atomic E-state index is 0.0411. The van der Waals surface area contributed by atoms with Crippen molar-refractivity contribution in [1.82, 2.24) is 0 Å². The predicted molar refractivity (Wildman–Crippen MR) is 82.0 cm³/mol. The van der Waals surface area contributed by atoms with Gasteiger partial charge in [-0.1, -0.05) is 63.2 Å². The van der Waals surface area contributed by atoms with E-state index in [4.69, 9.17) is 0 Å². The highest BCUT2D eigenvalue weighted by Gasteiger charge is 2.22. The van der Waals surface area contributed by atoms with Gasteiger partial charge in [-0.25, -0.2) is 0 Å². The van der Waals surface area contributed by atoms with Gasteiger partial charge in [0.2, 0.25) is 0 Å². The van der Waals surface area contributed by atoms with E-state index in [1.165, 1.54) is 0 Å². The molecule has 2 aromatic rings. The second-order valence-corrected chi connectivity index (χ2v) is 6.12. The number of carbonyl (C=O) groups is 2. The molecule has 0 amide bonds. The molecule has 0 atom stereocenters. The number of carbonyl (C=O) groups excluding carboxylic acids is 2. The van der Waals surface area contributed by atoms with Crippen LogP contribution >= 0.6 is 0 Å². The van der Waals surface area contributed by atoms with Gasteiger partial charge >= 0.3 is 0 Å². The standard InChI is InChI=1S/C18H20O2/c1-18(2,3)17(20)12-11-16(19)15-10-6-8-13-7-4-5-9-14(13)15/h4-10H,11-12H2,1-3H3. The molecule has 0 saturated heterocycles. The van der Waals surface area contributed by atoms with Crippen molar-refractivity contribution < 1.29 is 9.59 Å². The third kappa shape index (κ3) is 3.13. The molecule has 0 N–H and O–H groups in total. The Morgan fingerprint density at radius 3 is 2.25 bits per heavy atom. The van der Waals surface area contributed by atoms with E-state index in [1.54, 1.807) is 0 Å². The average molecular weight is 268 g/mol. The number of benzene rings is 2. The number of hydrogen-bond donors (Lipinski definition) is 0. The lowest BCUT2D eigenvalue weighted by molar-refractivity contribution is -0.126. The van der Waals surface area contributed by atoms with Gasteiger partial charge in [-0.15, -0.1) is 0 Å². The highest BCUT2D eigenvalue weighted by Crippen LogP contribution is 2.22. The Hall–Kier alpha value is -1.96. The molecule has 0 spiro atoms. The van der Waals surface area contributed by atoms with Crippen molar-refractivity contribution in [3.63, 3.8) is 0 Å². The number of Topliss-reactive ketones (excluding diaryl/α,β-unsaturated/α-hetero) is 2. The Morgan fingerprint density at radius 1 is 0.900 bits per heavy atom. The summed E-state index contributed by atoms with van der Waals surface area (Å²) in [5.74, 6) is 0.172. The normalized spacial score (nSPS) is 11.6. The lowest BCUT2D eigenvalue weighted by Gasteiger charge is -2.16. The quantitative estimate of drug-likeness (QED) is 0.769. The minimum atomic E-state index is -0.376. The zero-order chi connectivity index (χ0) is 14.8. The average Bonchev–Trinajstić information content (AvgIpc) is 2.42. The maximum absolute atomic E-state index is 12.3. The Morgan fingerprint density at radius 2 is 1.55 bits per heavy atom. The highest BCUT2D eigenvalue weighted by atomic mass is 16.1. The van der Waals surface area contributed by atoms with Gasteiger partial charge < -0.3 is 0 Å². The zero-order valence-electron chi connectivity index (χ0n) is 12.3. The van der Waals surface area contributed by atoms with E-state index in [2.05, 4.69) is 0 Å². The lowest BCUT2D eigenvalue weighted by atomic mass is 9.87. The van der Waals surface area contributed by atoms with Gasteiger partial charge in [0.25, 0.3) is 0 Å². The van der Waals surface area contributed by atoms with E-state index in [1.807, 2.05) is 63.2 Å². The van der Waals surface area contributed by atoms with Crippen LogP contribution in [0.25, 0.3) is 10.8 Å². The Labute approximate surface area is 119 Å². The summed E-state index contributed by atoms with van der Waals surface area (Å²) >= 11 is 0. The van der Waals surface area contributed by atoms with Crippen molar-refractivity contribution in [2.75, 3.05) is 0 Å². The van der Waals surface area contributed by atoms with Crippen LogP contribution in [0.2, 0.25) is 0 Å². The molecule has 104 valence electrons. The fourth-order valence-electron chi connectivity index (χ4n) is 2.21. The Kier molecular flexibility index (Phi) is 4.03. The van der Waals surface area contributed by atoms with Gasteiger partial charge in [0.05, 0.1) is 0 Å². The van der Waals surface area contributed by atoms with Crippen molar-refractivity contribution in [3.05, 3.63) is 48.0 Å². The first-order valence-electron chi connectivity index (χ1n) is 6.94. The van der Waals surface area contributed by atoms with Crippen molar-refractivity contribution in [1.29, 1.82) is 0 Å². The zero-order valence-corrected chi connectivity index (χ0v) is 12.3. The first kappa shape index (κ1) is 14.4. The number of hydrogen-bond acceptors (Lipinski definition) is 2. The summed E-state index contributed by atoms with van der Waals surface area (Å²) in [4.78, 5) is 24.2. The molecule has 2 heteroatoms. The molecule has 20 heavy (non-hydrogen) atoms. The van der Waals surface area contributed by atoms with E-state index in [0.717, 1.165) is 10.8 Å². The van der Waals surface area contributed by atoms with Gasteiger partial charge in [0, 0.05) is 23.8 Å². The summed E-state index contributed by atoms with van der Waals surface area (Å²) in [6, 6.07) is 13.6. The van der Waals surface area contributed by atoms with Crippen LogP contribution in [0.3, 0.4) is 0 Å². The number of rotatable bonds is 4. The van der Waals surface area contributed by atoms with Gasteiger partial charge in [-0.3, -0.25) is 9.59 Å². The molecule has 0 unspecified atom stereocenters. The van der Waals surface area contributed by atoms with Crippen LogP contribution in [0.5, 0.6) is 0 Å². The Balaban J connectivity index is 2.18. The summed E-state index contributed by atoms with van der Waals surface area (Å²) in [5.41, 5.74) is 0.337. The molecule has 2 nitrogen and oxygen atoms in total. The van der Waals surface area contributed by atoms with E-state index < -0.39 is 0 Å². The molecular formula is C18H20O2. The largest absolute Gasteiger partial charge is 0.299 e. The van der Waals surface area contributed by atoms with Gasteiger partial charge in [0.15, 0.2) is 5.78 Å². The fraction of sp³-hybridized carbons (Fsp3) is 0.333. The number of fused-ring (bicyclic) bond motifs is 1. The van der Waals surface area contributed by atoms with E-state index in [0.29, 0.717) is 12.0 Å². The maximum atomic E-state index is 12.3. The van der Waals surface area contributed by atoms with E-state index in [-0.39, 0.29) is 23.4 Å². The highest BCUT2D eigenvalue weighted by molar-refractivity contribution is 6.09. The molecule has 2 rings (SSSR count). The third-order valence-corrected chi connectivity index (χ3v) is 3.51. The first-order valence-corrected chi connectivity index (χ1v) is 6.94. The molecule has 0 heterocycles. The van der Waals surface area contributed by atoms with E-state index in [9.17, 15) is 9.59 Å². The molecule has 0 aliphatic heterocycles. The van der Waals surface area contributed by atoms with Crippen molar-refractivity contribution in [2.45, 2.75) is 33.6 Å². The van der Waals surface area contributed by atoms with Gasteiger partial charge in [0.1, 0.15) is 5.78 Å². The second-order valence-electron chi connectivity index (χ2n) is 6.12. The van der Waals surface area contributed by atoms with Crippen LogP contribution in [0.1, 0.15) is 44.0 Å². The van der Waals surface area contributed by atoms with Crippen molar-refractivity contribution >= 4 is 22.3 Å². The summed E-state index contributed by atoms with van der Waals surface area (Å²) in [5, 5.41) is 2.02. The summed E-state index contributed by atoms with van der Waals surface area (Å²) in [7, 11) is 0. The summed E-state index contributed by atoms with van der Waals surface area (Å²) < 4.78 is 0. The van der Waals surface area contributed by atoms with Gasteiger partial charge in [-0.2, -0.15) is 0 Å². The van der Waals surface area contributed by atoms with Crippen LogP contribution in [0, 0.1) is 5.41 Å². The van der Waals surface area contributed by atoms with Crippen LogP contribution in [-0.4, -0.2) is 11.6 Å². The van der Waals surface area contributed by atoms with Crippen LogP contribution in [0.15, 0.2) is 42.5 Å². The fourth-order valence-corrected chi connectivity index (χ4v) is 2.21.